The molecule has 0 aliphatic heterocycles. The van der Waals surface area contributed by atoms with Crippen molar-refractivity contribution in [1.82, 2.24) is 4.90 Å². The van der Waals surface area contributed by atoms with Crippen molar-refractivity contribution in [3.8, 4) is 0 Å². The summed E-state index contributed by atoms with van der Waals surface area (Å²) in [5, 5.41) is 0. The van der Waals surface area contributed by atoms with Gasteiger partial charge in [-0.2, -0.15) is 0 Å². The van der Waals surface area contributed by atoms with E-state index in [-0.39, 0.29) is 0 Å². The van der Waals surface area contributed by atoms with E-state index in [1.807, 2.05) is 0 Å². The molecule has 0 aromatic carbocycles. The molecule has 1 atom stereocenters. The molecular weight excluding hydrogens is 146 g/mol. The smallest absolute Gasteiger partial charge is 0.00384 e. The van der Waals surface area contributed by atoms with Gasteiger partial charge in [-0.05, 0) is 39.3 Å². The number of nitrogens with zero attached hydrogens (tertiary/aromatic N) is 1. The number of rotatable bonds is 6. The normalized spacial score (nSPS) is 14.2. The van der Waals surface area contributed by atoms with Crippen molar-refractivity contribution >= 4 is 0 Å². The summed E-state index contributed by atoms with van der Waals surface area (Å²) in [4.78, 5) is 2.53. The average Bonchev–Trinajstić information content (AvgIpc) is 2.04. The minimum atomic E-state index is 0.707. The lowest BCUT2D eigenvalue weighted by Gasteiger charge is -2.25. The topological polar surface area (TPSA) is 3.24 Å². The molecule has 0 fully saturated rings. The largest absolute Gasteiger partial charge is 0.301 e. The van der Waals surface area contributed by atoms with Crippen LogP contribution in [0.1, 0.15) is 47.5 Å². The second-order valence-corrected chi connectivity index (χ2v) is 4.02. The number of hydrogen-bond donors (Lipinski definition) is 0. The fourth-order valence-electron chi connectivity index (χ4n) is 1.37. The minimum absolute atomic E-state index is 0.707. The van der Waals surface area contributed by atoms with Crippen molar-refractivity contribution in [2.24, 2.45) is 5.92 Å². The highest BCUT2D eigenvalue weighted by Gasteiger charge is 2.07. The maximum Gasteiger partial charge on any atom is 0.00384 e. The van der Waals surface area contributed by atoms with Gasteiger partial charge in [0.25, 0.3) is 0 Å². The zero-order valence-corrected chi connectivity index (χ0v) is 9.43. The molecule has 1 nitrogen and oxygen atoms in total. The predicted octanol–water partition coefficient (Wildman–Crippen LogP) is 3.15. The van der Waals surface area contributed by atoms with E-state index in [9.17, 15) is 0 Å². The van der Waals surface area contributed by atoms with E-state index in [2.05, 4.69) is 39.5 Å². The maximum absolute atomic E-state index is 2.53. The minimum Gasteiger partial charge on any atom is -0.301 e. The number of hydrogen-bond acceptors (Lipinski definition) is 1. The molecule has 0 saturated heterocycles. The third kappa shape index (κ3) is 4.76. The molecule has 0 aliphatic rings. The first kappa shape index (κ1) is 12.0. The lowest BCUT2D eigenvalue weighted by Crippen LogP contribution is -2.32. The van der Waals surface area contributed by atoms with Gasteiger partial charge < -0.3 is 4.90 Å². The van der Waals surface area contributed by atoms with Crippen LogP contribution in [0.15, 0.2) is 0 Å². The van der Waals surface area contributed by atoms with E-state index in [1.165, 1.54) is 25.9 Å². The van der Waals surface area contributed by atoms with E-state index in [1.54, 1.807) is 0 Å². The Morgan fingerprint density at radius 1 is 1.08 bits per heavy atom. The SMILES string of the molecule is CC[C@H](C)CCN(CC)C(C)C. The van der Waals surface area contributed by atoms with Crippen LogP contribution in [0.2, 0.25) is 0 Å². The standard InChI is InChI=1S/C11H25N/c1-6-11(5)8-9-12(7-2)10(3)4/h10-11H,6-9H2,1-5H3/t11-/m0/s1. The molecule has 1 heteroatoms. The van der Waals surface area contributed by atoms with Crippen LogP contribution >= 0.6 is 0 Å². The molecule has 0 unspecified atom stereocenters. The first-order chi connectivity index (χ1) is 5.61. The van der Waals surface area contributed by atoms with Crippen LogP contribution in [-0.4, -0.2) is 24.0 Å². The van der Waals surface area contributed by atoms with Crippen LogP contribution in [0.3, 0.4) is 0 Å². The van der Waals surface area contributed by atoms with E-state index in [4.69, 9.17) is 0 Å². The summed E-state index contributed by atoms with van der Waals surface area (Å²) in [5.41, 5.74) is 0. The Labute approximate surface area is 78.1 Å². The fourth-order valence-corrected chi connectivity index (χ4v) is 1.37. The summed E-state index contributed by atoms with van der Waals surface area (Å²) in [6, 6.07) is 0.707. The summed E-state index contributed by atoms with van der Waals surface area (Å²) in [6.07, 6.45) is 2.66. The summed E-state index contributed by atoms with van der Waals surface area (Å²) in [5.74, 6) is 0.887. The van der Waals surface area contributed by atoms with Crippen LogP contribution in [0.4, 0.5) is 0 Å². The highest BCUT2D eigenvalue weighted by atomic mass is 15.1. The molecular formula is C11H25N. The van der Waals surface area contributed by atoms with Gasteiger partial charge in [-0.15, -0.1) is 0 Å². The fraction of sp³-hybridized carbons (Fsp3) is 1.00. The molecule has 0 rings (SSSR count). The Balaban J connectivity index is 3.58. The molecule has 0 radical (unpaired) electrons. The molecule has 0 aromatic heterocycles. The van der Waals surface area contributed by atoms with Gasteiger partial charge in [-0.1, -0.05) is 27.2 Å². The molecule has 0 aromatic rings. The zero-order valence-electron chi connectivity index (χ0n) is 9.43. The molecule has 0 spiro atoms. The van der Waals surface area contributed by atoms with Gasteiger partial charge in [0.1, 0.15) is 0 Å². The molecule has 0 N–H and O–H groups in total. The first-order valence-corrected chi connectivity index (χ1v) is 5.35. The predicted molar refractivity (Wildman–Crippen MR) is 56.5 cm³/mol. The highest BCUT2D eigenvalue weighted by molar-refractivity contribution is 4.62. The molecule has 74 valence electrons. The summed E-state index contributed by atoms with van der Waals surface area (Å²) >= 11 is 0. The molecule has 0 heterocycles. The zero-order chi connectivity index (χ0) is 9.56. The van der Waals surface area contributed by atoms with Crippen molar-refractivity contribution in [3.05, 3.63) is 0 Å². The quantitative estimate of drug-likeness (QED) is 0.593. The van der Waals surface area contributed by atoms with E-state index >= 15 is 0 Å². The van der Waals surface area contributed by atoms with Crippen molar-refractivity contribution in [3.63, 3.8) is 0 Å². The van der Waals surface area contributed by atoms with Gasteiger partial charge in [-0.3, -0.25) is 0 Å². The highest BCUT2D eigenvalue weighted by Crippen LogP contribution is 2.08. The van der Waals surface area contributed by atoms with Crippen molar-refractivity contribution in [2.45, 2.75) is 53.5 Å². The Kier molecular flexibility index (Phi) is 6.45. The van der Waals surface area contributed by atoms with Crippen molar-refractivity contribution in [1.29, 1.82) is 0 Å². The van der Waals surface area contributed by atoms with Crippen LogP contribution in [0.25, 0.3) is 0 Å². The van der Waals surface area contributed by atoms with Gasteiger partial charge in [0.15, 0.2) is 0 Å². The first-order valence-electron chi connectivity index (χ1n) is 5.35. The summed E-state index contributed by atoms with van der Waals surface area (Å²) in [6.45, 7) is 13.9. The van der Waals surface area contributed by atoms with Gasteiger partial charge in [0.05, 0.1) is 0 Å². The summed E-state index contributed by atoms with van der Waals surface area (Å²) < 4.78 is 0. The monoisotopic (exact) mass is 171 g/mol. The van der Waals surface area contributed by atoms with Crippen LogP contribution in [0, 0.1) is 5.92 Å². The van der Waals surface area contributed by atoms with E-state index in [0.29, 0.717) is 6.04 Å². The van der Waals surface area contributed by atoms with Crippen molar-refractivity contribution < 1.29 is 0 Å². The second-order valence-electron chi connectivity index (χ2n) is 4.02. The third-order valence-corrected chi connectivity index (χ3v) is 2.74. The van der Waals surface area contributed by atoms with Crippen LogP contribution in [-0.2, 0) is 0 Å². The van der Waals surface area contributed by atoms with Crippen molar-refractivity contribution in [2.75, 3.05) is 13.1 Å². The molecule has 0 saturated carbocycles. The van der Waals surface area contributed by atoms with Crippen LogP contribution in [0.5, 0.6) is 0 Å². The Morgan fingerprint density at radius 2 is 1.67 bits per heavy atom. The Bertz CT molecular complexity index is 99.2. The molecule has 0 bridgehead atoms. The van der Waals surface area contributed by atoms with Gasteiger partial charge in [-0.25, -0.2) is 0 Å². The molecule has 0 aliphatic carbocycles. The second kappa shape index (κ2) is 6.47. The Morgan fingerprint density at radius 3 is 2.00 bits per heavy atom. The third-order valence-electron chi connectivity index (χ3n) is 2.74. The van der Waals surface area contributed by atoms with Gasteiger partial charge >= 0.3 is 0 Å². The molecule has 12 heavy (non-hydrogen) atoms. The van der Waals surface area contributed by atoms with Gasteiger partial charge in [0.2, 0.25) is 0 Å². The molecule has 0 amide bonds. The van der Waals surface area contributed by atoms with E-state index < -0.39 is 0 Å². The Hall–Kier alpha value is -0.0400. The van der Waals surface area contributed by atoms with Crippen LogP contribution < -0.4 is 0 Å². The maximum atomic E-state index is 2.53. The average molecular weight is 171 g/mol. The lowest BCUT2D eigenvalue weighted by molar-refractivity contribution is 0.217. The van der Waals surface area contributed by atoms with E-state index in [0.717, 1.165) is 5.92 Å². The van der Waals surface area contributed by atoms with Gasteiger partial charge in [0, 0.05) is 6.04 Å². The lowest BCUT2D eigenvalue weighted by atomic mass is 10.0. The summed E-state index contributed by atoms with van der Waals surface area (Å²) in [7, 11) is 0.